The third-order valence-electron chi connectivity index (χ3n) is 4.21. The summed E-state index contributed by atoms with van der Waals surface area (Å²) in [6.45, 7) is 6.84. The van der Waals surface area contributed by atoms with Gasteiger partial charge < -0.3 is 10.5 Å². The van der Waals surface area contributed by atoms with Crippen LogP contribution >= 0.6 is 0 Å². The summed E-state index contributed by atoms with van der Waals surface area (Å²) in [7, 11) is 0. The second-order valence-corrected chi connectivity index (χ2v) is 6.04. The van der Waals surface area contributed by atoms with E-state index >= 15 is 0 Å². The first-order chi connectivity index (χ1) is 7.81. The molecule has 1 fully saturated rings. The van der Waals surface area contributed by atoms with Crippen molar-refractivity contribution in [1.29, 1.82) is 5.26 Å². The van der Waals surface area contributed by atoms with Gasteiger partial charge in [-0.15, -0.1) is 0 Å². The molecule has 0 bridgehead atoms. The van der Waals surface area contributed by atoms with Crippen LogP contribution in [0.4, 0.5) is 4.79 Å². The molecular formula is C13H22N2O2. The summed E-state index contributed by atoms with van der Waals surface area (Å²) in [6, 6.07) is 2.33. The first-order valence-electron chi connectivity index (χ1n) is 6.13. The number of hydrogen-bond acceptors (Lipinski definition) is 3. The molecule has 0 aromatic heterocycles. The molecule has 1 aliphatic rings. The van der Waals surface area contributed by atoms with Crippen molar-refractivity contribution < 1.29 is 9.53 Å². The first-order valence-corrected chi connectivity index (χ1v) is 6.13. The fourth-order valence-electron chi connectivity index (χ4n) is 2.62. The van der Waals surface area contributed by atoms with E-state index in [1.54, 1.807) is 0 Å². The number of amides is 1. The van der Waals surface area contributed by atoms with Crippen molar-refractivity contribution in [2.24, 2.45) is 22.5 Å². The van der Waals surface area contributed by atoms with Crippen molar-refractivity contribution in [3.63, 3.8) is 0 Å². The molecule has 4 nitrogen and oxygen atoms in total. The predicted octanol–water partition coefficient (Wildman–Crippen LogP) is 2.83. The Labute approximate surface area is 103 Å². The molecule has 96 valence electrons. The highest BCUT2D eigenvalue weighted by atomic mass is 16.5. The van der Waals surface area contributed by atoms with Gasteiger partial charge in [-0.2, -0.15) is 5.26 Å². The zero-order valence-electron chi connectivity index (χ0n) is 11.0. The molecule has 1 rings (SSSR count). The molecule has 1 saturated carbocycles. The molecule has 0 atom stereocenters. The van der Waals surface area contributed by atoms with Crippen molar-refractivity contribution in [1.82, 2.24) is 0 Å². The van der Waals surface area contributed by atoms with Gasteiger partial charge in [-0.3, -0.25) is 0 Å². The first kappa shape index (κ1) is 13.8. The van der Waals surface area contributed by atoms with Gasteiger partial charge in [-0.25, -0.2) is 4.79 Å². The molecule has 0 radical (unpaired) electrons. The molecule has 1 amide bonds. The summed E-state index contributed by atoms with van der Waals surface area (Å²) < 4.78 is 5.04. The average Bonchev–Trinajstić information content (AvgIpc) is 2.25. The van der Waals surface area contributed by atoms with Gasteiger partial charge in [0.25, 0.3) is 0 Å². The highest BCUT2D eigenvalue weighted by Gasteiger charge is 2.45. The lowest BCUT2D eigenvalue weighted by molar-refractivity contribution is -0.0289. The fraction of sp³-hybridized carbons (Fsp3) is 0.846. The summed E-state index contributed by atoms with van der Waals surface area (Å²) >= 11 is 0. The molecule has 0 spiro atoms. The number of carbonyl (C=O) groups is 1. The van der Waals surface area contributed by atoms with Gasteiger partial charge in [-0.1, -0.05) is 20.8 Å². The Morgan fingerprint density at radius 2 is 2.00 bits per heavy atom. The Morgan fingerprint density at radius 1 is 1.47 bits per heavy atom. The van der Waals surface area contributed by atoms with Crippen LogP contribution in [-0.4, -0.2) is 12.7 Å². The third-order valence-corrected chi connectivity index (χ3v) is 4.21. The fourth-order valence-corrected chi connectivity index (χ4v) is 2.62. The van der Waals surface area contributed by atoms with E-state index in [1.165, 1.54) is 0 Å². The second-order valence-electron chi connectivity index (χ2n) is 6.04. The molecule has 0 aromatic rings. The lowest BCUT2D eigenvalue weighted by Gasteiger charge is -2.47. The molecule has 0 unspecified atom stereocenters. The molecular weight excluding hydrogens is 216 g/mol. The zero-order chi connectivity index (χ0) is 13.1. The van der Waals surface area contributed by atoms with Crippen molar-refractivity contribution >= 4 is 6.09 Å². The zero-order valence-corrected chi connectivity index (χ0v) is 11.0. The quantitative estimate of drug-likeness (QED) is 0.803. The maximum atomic E-state index is 10.8. The van der Waals surface area contributed by atoms with E-state index in [0.717, 1.165) is 25.7 Å². The Balaban J connectivity index is 2.76. The molecule has 0 aromatic carbocycles. The average molecular weight is 238 g/mol. The minimum absolute atomic E-state index is 0.0445. The molecule has 1 aliphatic carbocycles. The predicted molar refractivity (Wildman–Crippen MR) is 65.0 cm³/mol. The summed E-state index contributed by atoms with van der Waals surface area (Å²) in [5.74, 6) is 0.152. The van der Waals surface area contributed by atoms with E-state index in [0.29, 0.717) is 6.61 Å². The van der Waals surface area contributed by atoms with Crippen LogP contribution in [0.5, 0.6) is 0 Å². The van der Waals surface area contributed by atoms with Crippen LogP contribution in [0.2, 0.25) is 0 Å². The summed E-state index contributed by atoms with van der Waals surface area (Å²) in [5.41, 5.74) is 5.05. The van der Waals surface area contributed by atoms with Gasteiger partial charge in [0.15, 0.2) is 0 Å². The molecule has 0 saturated heterocycles. The van der Waals surface area contributed by atoms with Crippen molar-refractivity contribution in [3.8, 4) is 6.07 Å². The number of nitrogens with zero attached hydrogens (tertiary/aromatic N) is 1. The second kappa shape index (κ2) is 4.95. The van der Waals surface area contributed by atoms with E-state index in [4.69, 9.17) is 15.7 Å². The third kappa shape index (κ3) is 3.12. The monoisotopic (exact) mass is 238 g/mol. The van der Waals surface area contributed by atoms with Gasteiger partial charge in [0.2, 0.25) is 0 Å². The van der Waals surface area contributed by atoms with E-state index in [1.807, 2.05) is 0 Å². The van der Waals surface area contributed by atoms with Gasteiger partial charge in [0.05, 0.1) is 12.7 Å². The van der Waals surface area contributed by atoms with Crippen molar-refractivity contribution in [2.75, 3.05) is 6.61 Å². The largest absolute Gasteiger partial charge is 0.449 e. The summed E-state index contributed by atoms with van der Waals surface area (Å²) in [5, 5.41) is 8.93. The van der Waals surface area contributed by atoms with Crippen molar-refractivity contribution in [2.45, 2.75) is 46.5 Å². The molecule has 17 heavy (non-hydrogen) atoms. The van der Waals surface area contributed by atoms with Crippen LogP contribution in [0.15, 0.2) is 0 Å². The lowest BCUT2D eigenvalue weighted by Crippen LogP contribution is -2.43. The van der Waals surface area contributed by atoms with E-state index in [-0.39, 0.29) is 16.7 Å². The van der Waals surface area contributed by atoms with Gasteiger partial charge in [-0.05, 0) is 31.1 Å². The van der Waals surface area contributed by atoms with E-state index < -0.39 is 6.09 Å². The molecule has 4 heteroatoms. The number of primary amides is 1. The number of rotatable bonds is 2. The highest BCUT2D eigenvalue weighted by molar-refractivity contribution is 5.64. The van der Waals surface area contributed by atoms with E-state index in [9.17, 15) is 4.79 Å². The summed E-state index contributed by atoms with van der Waals surface area (Å²) in [4.78, 5) is 10.8. The van der Waals surface area contributed by atoms with Gasteiger partial charge in [0.1, 0.15) is 0 Å². The van der Waals surface area contributed by atoms with Crippen molar-refractivity contribution in [3.05, 3.63) is 0 Å². The van der Waals surface area contributed by atoms with Crippen LogP contribution in [-0.2, 0) is 4.74 Å². The maximum Gasteiger partial charge on any atom is 0.404 e. The Hall–Kier alpha value is -1.24. The molecule has 2 N–H and O–H groups in total. The minimum atomic E-state index is -0.712. The number of nitriles is 1. The number of carbonyl (C=O) groups excluding carboxylic acids is 1. The number of ether oxygens (including phenoxy) is 1. The Morgan fingerprint density at radius 3 is 2.35 bits per heavy atom. The maximum absolute atomic E-state index is 10.8. The van der Waals surface area contributed by atoms with E-state index in [2.05, 4.69) is 26.8 Å². The van der Waals surface area contributed by atoms with Gasteiger partial charge >= 0.3 is 6.09 Å². The van der Waals surface area contributed by atoms with Crippen LogP contribution in [0.1, 0.15) is 46.5 Å². The smallest absolute Gasteiger partial charge is 0.404 e. The molecule has 0 aliphatic heterocycles. The number of nitrogens with two attached hydrogens (primary N) is 1. The van der Waals surface area contributed by atoms with Crippen LogP contribution in [0.25, 0.3) is 0 Å². The Kier molecular flexibility index (Phi) is 4.03. The number of hydrogen-bond donors (Lipinski definition) is 1. The van der Waals surface area contributed by atoms with Crippen LogP contribution < -0.4 is 5.73 Å². The minimum Gasteiger partial charge on any atom is -0.449 e. The van der Waals surface area contributed by atoms with Crippen LogP contribution in [0, 0.1) is 28.1 Å². The normalized spacial score (nSPS) is 29.4. The highest BCUT2D eigenvalue weighted by Crippen LogP contribution is 2.50. The SMILES string of the molecule is CC(C)(C)C1(COC(N)=O)CCC(C#N)CC1. The molecule has 0 heterocycles. The standard InChI is InChI=1S/C13H22N2O2/c1-12(2,3)13(9-17-11(15)16)6-4-10(8-14)5-7-13/h10H,4-7,9H2,1-3H3,(H2,15,16). The topological polar surface area (TPSA) is 76.1 Å². The van der Waals surface area contributed by atoms with Gasteiger partial charge in [0, 0.05) is 11.3 Å². The lowest BCUT2D eigenvalue weighted by atomic mass is 9.58. The summed E-state index contributed by atoms with van der Waals surface area (Å²) in [6.07, 6.45) is 2.89. The van der Waals surface area contributed by atoms with Crippen LogP contribution in [0.3, 0.4) is 0 Å². The Bertz CT molecular complexity index is 317.